The molecule has 0 unspecified atom stereocenters. The van der Waals surface area contributed by atoms with E-state index in [2.05, 4.69) is 21.9 Å². The minimum atomic E-state index is 0.839. The third kappa shape index (κ3) is 2.81. The first-order valence-electron chi connectivity index (χ1n) is 6.20. The predicted molar refractivity (Wildman–Crippen MR) is 66.4 cm³/mol. The van der Waals surface area contributed by atoms with Gasteiger partial charge in [0.25, 0.3) is 0 Å². The number of rotatable bonds is 6. The minimum absolute atomic E-state index is 0.839. The maximum absolute atomic E-state index is 4.46. The highest BCUT2D eigenvalue weighted by atomic mass is 15.0. The first-order valence-corrected chi connectivity index (χ1v) is 6.20. The maximum Gasteiger partial charge on any atom is 0.177 e. The lowest BCUT2D eigenvalue weighted by atomic mass is 10.1. The second kappa shape index (κ2) is 5.64. The summed E-state index contributed by atoms with van der Waals surface area (Å²) in [6, 6.07) is 3.96. The van der Waals surface area contributed by atoms with Crippen molar-refractivity contribution >= 4 is 11.2 Å². The Hall–Kier alpha value is -1.38. The van der Waals surface area contributed by atoms with Crippen LogP contribution >= 0.6 is 0 Å². The summed E-state index contributed by atoms with van der Waals surface area (Å²) >= 11 is 0. The zero-order valence-corrected chi connectivity index (χ0v) is 9.87. The van der Waals surface area contributed by atoms with Crippen molar-refractivity contribution in [1.82, 2.24) is 15.0 Å². The highest BCUT2D eigenvalue weighted by Gasteiger charge is 2.02. The summed E-state index contributed by atoms with van der Waals surface area (Å²) in [7, 11) is 0. The number of imidazole rings is 1. The number of H-pyrrole nitrogens is 1. The Labute approximate surface area is 96.3 Å². The van der Waals surface area contributed by atoms with Gasteiger partial charge in [-0.2, -0.15) is 0 Å². The third-order valence-electron chi connectivity index (χ3n) is 2.82. The highest BCUT2D eigenvalue weighted by Crippen LogP contribution is 2.10. The smallest absolute Gasteiger partial charge is 0.177 e. The molecule has 0 radical (unpaired) electrons. The van der Waals surface area contributed by atoms with Crippen LogP contribution in [0.4, 0.5) is 0 Å². The topological polar surface area (TPSA) is 41.6 Å². The van der Waals surface area contributed by atoms with E-state index in [1.165, 1.54) is 32.1 Å². The van der Waals surface area contributed by atoms with E-state index in [4.69, 9.17) is 0 Å². The Bertz CT molecular complexity index is 400. The molecule has 3 nitrogen and oxygen atoms in total. The fourth-order valence-corrected chi connectivity index (χ4v) is 1.91. The second-order valence-corrected chi connectivity index (χ2v) is 4.22. The molecule has 0 amide bonds. The quantitative estimate of drug-likeness (QED) is 0.753. The van der Waals surface area contributed by atoms with Crippen molar-refractivity contribution in [3.63, 3.8) is 0 Å². The molecule has 16 heavy (non-hydrogen) atoms. The van der Waals surface area contributed by atoms with E-state index in [-0.39, 0.29) is 0 Å². The molecule has 0 saturated carbocycles. The van der Waals surface area contributed by atoms with Crippen LogP contribution in [0.2, 0.25) is 0 Å². The Balaban J connectivity index is 1.85. The molecule has 0 fully saturated rings. The van der Waals surface area contributed by atoms with Gasteiger partial charge in [-0.05, 0) is 18.6 Å². The van der Waals surface area contributed by atoms with Gasteiger partial charge in [0.1, 0.15) is 5.82 Å². The molecule has 0 saturated heterocycles. The molecule has 86 valence electrons. The number of fused-ring (bicyclic) bond motifs is 1. The Morgan fingerprint density at radius 3 is 2.88 bits per heavy atom. The van der Waals surface area contributed by atoms with Crippen LogP contribution in [0.3, 0.4) is 0 Å². The summed E-state index contributed by atoms with van der Waals surface area (Å²) in [6.45, 7) is 2.24. The summed E-state index contributed by atoms with van der Waals surface area (Å²) in [5.74, 6) is 1.07. The van der Waals surface area contributed by atoms with Crippen molar-refractivity contribution in [2.75, 3.05) is 0 Å². The SMILES string of the molecule is CCCCCCCc1nc2ncccc2[nH]1. The molecule has 0 aliphatic heterocycles. The number of unbranched alkanes of at least 4 members (excludes halogenated alkanes) is 4. The van der Waals surface area contributed by atoms with Gasteiger partial charge < -0.3 is 4.98 Å². The minimum Gasteiger partial charge on any atom is -0.341 e. The van der Waals surface area contributed by atoms with E-state index in [1.807, 2.05) is 12.1 Å². The van der Waals surface area contributed by atoms with Gasteiger partial charge in [-0.3, -0.25) is 0 Å². The van der Waals surface area contributed by atoms with E-state index in [9.17, 15) is 0 Å². The second-order valence-electron chi connectivity index (χ2n) is 4.22. The van der Waals surface area contributed by atoms with Crippen LogP contribution in [0.1, 0.15) is 44.9 Å². The van der Waals surface area contributed by atoms with Crippen molar-refractivity contribution in [3.8, 4) is 0 Å². The molecule has 2 heterocycles. The van der Waals surface area contributed by atoms with E-state index >= 15 is 0 Å². The number of aryl methyl sites for hydroxylation is 1. The zero-order chi connectivity index (χ0) is 11.2. The number of nitrogens with one attached hydrogen (secondary N) is 1. The molecule has 1 N–H and O–H groups in total. The van der Waals surface area contributed by atoms with Crippen molar-refractivity contribution < 1.29 is 0 Å². The lowest BCUT2D eigenvalue weighted by Crippen LogP contribution is -1.88. The standard InChI is InChI=1S/C13H19N3/c1-2-3-4-5-6-9-12-15-11-8-7-10-14-13(11)16-12/h7-8,10H,2-6,9H2,1H3,(H,14,15,16). The number of hydrogen-bond acceptors (Lipinski definition) is 2. The summed E-state index contributed by atoms with van der Waals surface area (Å²) in [5.41, 5.74) is 1.89. The first-order chi connectivity index (χ1) is 7.90. The predicted octanol–water partition coefficient (Wildman–Crippen LogP) is 3.47. The first kappa shape index (κ1) is 11.1. The van der Waals surface area contributed by atoms with Crippen LogP contribution in [0.5, 0.6) is 0 Å². The van der Waals surface area contributed by atoms with Gasteiger partial charge in [-0.1, -0.05) is 32.6 Å². The van der Waals surface area contributed by atoms with Crippen LogP contribution in [-0.4, -0.2) is 15.0 Å². The van der Waals surface area contributed by atoms with Gasteiger partial charge in [0.05, 0.1) is 5.52 Å². The molecule has 2 aromatic rings. The van der Waals surface area contributed by atoms with Gasteiger partial charge in [0.15, 0.2) is 5.65 Å². The van der Waals surface area contributed by atoms with E-state index in [0.717, 1.165) is 23.4 Å². The van der Waals surface area contributed by atoms with Gasteiger partial charge in [-0.25, -0.2) is 9.97 Å². The van der Waals surface area contributed by atoms with Crippen molar-refractivity contribution in [3.05, 3.63) is 24.2 Å². The molecule has 0 spiro atoms. The van der Waals surface area contributed by atoms with Gasteiger partial charge in [0.2, 0.25) is 0 Å². The molecular formula is C13H19N3. The molecule has 0 aliphatic carbocycles. The molecule has 3 heteroatoms. The molecule has 0 aromatic carbocycles. The Morgan fingerprint density at radius 2 is 2.06 bits per heavy atom. The van der Waals surface area contributed by atoms with Gasteiger partial charge >= 0.3 is 0 Å². The fraction of sp³-hybridized carbons (Fsp3) is 0.538. The number of nitrogens with zero attached hydrogens (tertiary/aromatic N) is 2. The summed E-state index contributed by atoms with van der Waals surface area (Å²) < 4.78 is 0. The van der Waals surface area contributed by atoms with Crippen LogP contribution in [0, 0.1) is 0 Å². The fourth-order valence-electron chi connectivity index (χ4n) is 1.91. The van der Waals surface area contributed by atoms with Crippen molar-refractivity contribution in [2.45, 2.75) is 45.4 Å². The highest BCUT2D eigenvalue weighted by molar-refractivity contribution is 5.69. The van der Waals surface area contributed by atoms with Crippen LogP contribution in [0.15, 0.2) is 18.3 Å². The van der Waals surface area contributed by atoms with Crippen molar-refractivity contribution in [1.29, 1.82) is 0 Å². The summed E-state index contributed by atoms with van der Waals surface area (Å²) in [5, 5.41) is 0. The number of pyridine rings is 1. The third-order valence-corrected chi connectivity index (χ3v) is 2.82. The van der Waals surface area contributed by atoms with E-state index in [0.29, 0.717) is 0 Å². The number of hydrogen-bond donors (Lipinski definition) is 1. The van der Waals surface area contributed by atoms with Crippen molar-refractivity contribution in [2.24, 2.45) is 0 Å². The van der Waals surface area contributed by atoms with Crippen LogP contribution in [-0.2, 0) is 6.42 Å². The van der Waals surface area contributed by atoms with E-state index in [1.54, 1.807) is 6.20 Å². The lowest BCUT2D eigenvalue weighted by Gasteiger charge is -1.97. The average molecular weight is 217 g/mol. The molecule has 2 aromatic heterocycles. The summed E-state index contributed by atoms with van der Waals surface area (Å²) in [4.78, 5) is 12.0. The molecule has 0 atom stereocenters. The van der Waals surface area contributed by atoms with Crippen LogP contribution in [0.25, 0.3) is 11.2 Å². The molecule has 0 bridgehead atoms. The molecular weight excluding hydrogens is 198 g/mol. The number of aromatic nitrogens is 3. The summed E-state index contributed by atoms with van der Waals surface area (Å²) in [6.07, 6.45) is 9.34. The maximum atomic E-state index is 4.46. The lowest BCUT2D eigenvalue weighted by molar-refractivity contribution is 0.625. The average Bonchev–Trinajstić information content (AvgIpc) is 2.71. The molecule has 2 rings (SSSR count). The largest absolute Gasteiger partial charge is 0.341 e. The van der Waals surface area contributed by atoms with Gasteiger partial charge in [0, 0.05) is 12.6 Å². The van der Waals surface area contributed by atoms with Gasteiger partial charge in [-0.15, -0.1) is 0 Å². The zero-order valence-electron chi connectivity index (χ0n) is 9.87. The molecule has 0 aliphatic rings. The number of aromatic amines is 1. The monoisotopic (exact) mass is 217 g/mol. The van der Waals surface area contributed by atoms with Crippen LogP contribution < -0.4 is 0 Å². The Kier molecular flexibility index (Phi) is 3.91. The normalized spacial score (nSPS) is 11.1. The Morgan fingerprint density at radius 1 is 1.19 bits per heavy atom. The van der Waals surface area contributed by atoms with E-state index < -0.39 is 0 Å².